The number of hydroxylamine groups is 1. The second-order valence-corrected chi connectivity index (χ2v) is 8.64. The van der Waals surface area contributed by atoms with Gasteiger partial charge in [-0.1, -0.05) is 5.16 Å². The lowest BCUT2D eigenvalue weighted by Gasteiger charge is -2.35. The zero-order valence-electron chi connectivity index (χ0n) is 14.0. The van der Waals surface area contributed by atoms with Crippen molar-refractivity contribution >= 4 is 15.7 Å². The number of hydrogen-bond donors (Lipinski definition) is 3. The van der Waals surface area contributed by atoms with Crippen molar-refractivity contribution in [2.24, 2.45) is 0 Å². The Morgan fingerprint density at radius 1 is 1.26 bits per heavy atom. The largest absolute Gasteiger partial charge is 0.356 e. The molecule has 1 aliphatic rings. The molecule has 3 N–H and O–H groups in total. The highest BCUT2D eigenvalue weighted by Gasteiger charge is 2.43. The number of aromatic nitrogens is 1. The number of amides is 1. The van der Waals surface area contributed by atoms with Crippen LogP contribution in [0, 0.1) is 11.6 Å². The van der Waals surface area contributed by atoms with Crippen LogP contribution in [0.15, 0.2) is 28.8 Å². The summed E-state index contributed by atoms with van der Waals surface area (Å²) in [7, 11) is -3.23. The summed E-state index contributed by atoms with van der Waals surface area (Å²) in [5.41, 5.74) is 0.466. The predicted molar refractivity (Wildman–Crippen MR) is 89.2 cm³/mol. The van der Waals surface area contributed by atoms with E-state index in [4.69, 9.17) is 9.73 Å². The van der Waals surface area contributed by atoms with Gasteiger partial charge in [0.1, 0.15) is 27.0 Å². The van der Waals surface area contributed by atoms with Gasteiger partial charge < -0.3 is 4.52 Å². The molecule has 11 heteroatoms. The van der Waals surface area contributed by atoms with E-state index in [2.05, 4.69) is 10.5 Å². The van der Waals surface area contributed by atoms with Crippen LogP contribution in [-0.4, -0.2) is 41.7 Å². The molecule has 2 aromatic rings. The summed E-state index contributed by atoms with van der Waals surface area (Å²) in [6.07, 6.45) is -0.0457. The van der Waals surface area contributed by atoms with Gasteiger partial charge in [-0.2, -0.15) is 0 Å². The van der Waals surface area contributed by atoms with Crippen LogP contribution in [0.2, 0.25) is 0 Å². The van der Waals surface area contributed by atoms with Crippen LogP contribution >= 0.6 is 0 Å². The van der Waals surface area contributed by atoms with E-state index < -0.39 is 32.9 Å². The molecule has 0 unspecified atom stereocenters. The lowest BCUT2D eigenvalue weighted by molar-refractivity contribution is -0.136. The number of nitrogens with zero attached hydrogens (tertiary/aromatic N) is 1. The van der Waals surface area contributed by atoms with Crippen molar-refractivity contribution in [3.8, 4) is 11.3 Å². The Hall–Kier alpha value is -2.37. The normalized spacial score (nSPS) is 18.2. The van der Waals surface area contributed by atoms with Crippen LogP contribution in [0.3, 0.4) is 0 Å². The average Bonchev–Trinajstić information content (AvgIpc) is 3.11. The Morgan fingerprint density at radius 2 is 1.96 bits per heavy atom. The van der Waals surface area contributed by atoms with Gasteiger partial charge in [0, 0.05) is 12.6 Å². The molecule has 8 nitrogen and oxygen atoms in total. The molecule has 0 spiro atoms. The average molecular weight is 401 g/mol. The zero-order chi connectivity index (χ0) is 19.7. The van der Waals surface area contributed by atoms with Crippen molar-refractivity contribution in [2.45, 2.75) is 24.9 Å². The maximum Gasteiger partial charge on any atom is 0.263 e. The Balaban J connectivity index is 1.76. The predicted octanol–water partition coefficient (Wildman–Crippen LogP) is 1.16. The number of carbonyl (C=O) groups is 1. The maximum atomic E-state index is 13.8. The minimum Gasteiger partial charge on any atom is -0.356 e. The molecule has 2 heterocycles. The first-order chi connectivity index (χ1) is 12.7. The summed E-state index contributed by atoms with van der Waals surface area (Å²) < 4.78 is 55.4. The lowest BCUT2D eigenvalue weighted by Crippen LogP contribution is -2.59. The minimum atomic E-state index is -3.23. The number of nitrogens with one attached hydrogen (secondary N) is 2. The van der Waals surface area contributed by atoms with Gasteiger partial charge >= 0.3 is 0 Å². The van der Waals surface area contributed by atoms with E-state index in [-0.39, 0.29) is 42.2 Å². The van der Waals surface area contributed by atoms with E-state index in [9.17, 15) is 22.0 Å². The molecule has 1 aromatic carbocycles. The van der Waals surface area contributed by atoms with Crippen LogP contribution in [0.1, 0.15) is 18.5 Å². The number of hydrogen-bond acceptors (Lipinski definition) is 7. The molecule has 0 bridgehead atoms. The second-order valence-electron chi connectivity index (χ2n) is 6.34. The molecular formula is C16H17F2N3O5S. The third-order valence-corrected chi connectivity index (χ3v) is 6.23. The molecule has 0 aliphatic carbocycles. The summed E-state index contributed by atoms with van der Waals surface area (Å²) >= 11 is 0. The number of carbonyl (C=O) groups excluding carboxylic acids is 1. The molecule has 3 rings (SSSR count). The second kappa shape index (κ2) is 7.33. The summed E-state index contributed by atoms with van der Waals surface area (Å²) in [5.74, 6) is -2.46. The fourth-order valence-corrected chi connectivity index (χ4v) is 4.47. The quantitative estimate of drug-likeness (QED) is 0.508. The van der Waals surface area contributed by atoms with E-state index in [0.717, 1.165) is 18.2 Å². The molecule has 0 radical (unpaired) electrons. The van der Waals surface area contributed by atoms with Gasteiger partial charge in [-0.25, -0.2) is 22.7 Å². The van der Waals surface area contributed by atoms with Gasteiger partial charge in [-0.3, -0.25) is 15.3 Å². The first-order valence-electron chi connectivity index (χ1n) is 8.06. The Kier molecular flexibility index (Phi) is 5.27. The molecule has 146 valence electrons. The van der Waals surface area contributed by atoms with Crippen molar-refractivity contribution in [3.05, 3.63) is 41.6 Å². The first-order valence-corrected chi connectivity index (χ1v) is 9.88. The highest BCUT2D eigenvalue weighted by Crippen LogP contribution is 2.27. The summed E-state index contributed by atoms with van der Waals surface area (Å²) in [4.78, 5) is 12.1. The van der Waals surface area contributed by atoms with Gasteiger partial charge in [0.2, 0.25) is 0 Å². The van der Waals surface area contributed by atoms with Crippen LogP contribution in [0.4, 0.5) is 8.78 Å². The van der Waals surface area contributed by atoms with Gasteiger partial charge in [0.15, 0.2) is 5.76 Å². The summed E-state index contributed by atoms with van der Waals surface area (Å²) in [6, 6.07) is 4.30. The van der Waals surface area contributed by atoms with E-state index in [0.29, 0.717) is 5.69 Å². The smallest absolute Gasteiger partial charge is 0.263 e. The van der Waals surface area contributed by atoms with Crippen molar-refractivity contribution in [3.63, 3.8) is 0 Å². The van der Waals surface area contributed by atoms with Crippen molar-refractivity contribution in [1.29, 1.82) is 0 Å². The molecule has 0 atom stereocenters. The fourth-order valence-electron chi connectivity index (χ4n) is 2.95. The summed E-state index contributed by atoms with van der Waals surface area (Å²) in [5, 5.41) is 15.6. The molecule has 1 amide bonds. The highest BCUT2D eigenvalue weighted by molar-refractivity contribution is 7.91. The molecular weight excluding hydrogens is 384 g/mol. The molecule has 0 saturated carbocycles. The Bertz CT molecular complexity index is 947. The fraction of sp³-hybridized carbons (Fsp3) is 0.375. The minimum absolute atomic E-state index is 0.00605. The van der Waals surface area contributed by atoms with Crippen LogP contribution in [0.5, 0.6) is 0 Å². The van der Waals surface area contributed by atoms with Crippen LogP contribution in [-0.2, 0) is 21.2 Å². The van der Waals surface area contributed by atoms with Crippen LogP contribution in [0.25, 0.3) is 11.3 Å². The number of halogens is 2. The third-order valence-electron chi connectivity index (χ3n) is 4.58. The van der Waals surface area contributed by atoms with Gasteiger partial charge in [0.25, 0.3) is 5.91 Å². The van der Waals surface area contributed by atoms with Crippen LogP contribution < -0.4 is 10.8 Å². The monoisotopic (exact) mass is 401 g/mol. The molecule has 1 aromatic heterocycles. The number of sulfone groups is 1. The topological polar surface area (TPSA) is 122 Å². The number of benzene rings is 1. The van der Waals surface area contributed by atoms with Gasteiger partial charge in [-0.15, -0.1) is 0 Å². The Morgan fingerprint density at radius 3 is 2.63 bits per heavy atom. The van der Waals surface area contributed by atoms with Crippen molar-refractivity contribution in [1.82, 2.24) is 16.0 Å². The standard InChI is InChI=1S/C16H17F2N3O5S/c17-10-1-2-13(18)12(7-10)14-8-11(21-26-14)9-19-16(15(22)20-23)3-5-27(24,25)6-4-16/h1-2,7-8,19,23H,3-6,9H2,(H,20,22). The third kappa shape index (κ3) is 4.15. The van der Waals surface area contributed by atoms with Crippen molar-refractivity contribution < 1.29 is 31.7 Å². The van der Waals surface area contributed by atoms with E-state index in [1.54, 1.807) is 5.48 Å². The zero-order valence-corrected chi connectivity index (χ0v) is 14.9. The maximum absolute atomic E-state index is 13.8. The molecule has 1 fully saturated rings. The Labute approximate surface area is 153 Å². The lowest BCUT2D eigenvalue weighted by atomic mass is 9.91. The first kappa shape index (κ1) is 19.4. The molecule has 27 heavy (non-hydrogen) atoms. The van der Waals surface area contributed by atoms with E-state index in [1.807, 2.05) is 0 Å². The molecule has 1 saturated heterocycles. The van der Waals surface area contributed by atoms with E-state index in [1.165, 1.54) is 6.07 Å². The SMILES string of the molecule is O=C(NO)C1(NCc2cc(-c3cc(F)ccc3F)on2)CCS(=O)(=O)CC1. The van der Waals surface area contributed by atoms with E-state index >= 15 is 0 Å². The van der Waals surface area contributed by atoms with Gasteiger partial charge in [-0.05, 0) is 31.0 Å². The van der Waals surface area contributed by atoms with Crippen molar-refractivity contribution in [2.75, 3.05) is 11.5 Å². The molecule has 1 aliphatic heterocycles. The number of rotatable bonds is 5. The summed E-state index contributed by atoms with van der Waals surface area (Å²) in [6.45, 7) is -0.00605. The van der Waals surface area contributed by atoms with Gasteiger partial charge in [0.05, 0.1) is 22.8 Å². The highest BCUT2D eigenvalue weighted by atomic mass is 32.2.